The summed E-state index contributed by atoms with van der Waals surface area (Å²) in [6.45, 7) is 1.72. The third kappa shape index (κ3) is 3.48. The molecule has 0 radical (unpaired) electrons. The summed E-state index contributed by atoms with van der Waals surface area (Å²) in [5.74, 6) is 0.595. The normalized spacial score (nSPS) is 10.7. The molecule has 0 aliphatic rings. The zero-order valence-corrected chi connectivity index (χ0v) is 14.3. The molecular weight excluding hydrogens is 349 g/mol. The highest BCUT2D eigenvalue weighted by atomic mass is 19.1. The minimum atomic E-state index is -0.338. The minimum Gasteiger partial charge on any atom is -0.469 e. The van der Waals surface area contributed by atoms with Gasteiger partial charge in [0.25, 0.3) is 11.8 Å². The Balaban J connectivity index is 1.57. The second-order valence-corrected chi connectivity index (χ2v) is 5.86. The zero-order chi connectivity index (χ0) is 18.8. The molecule has 7 heteroatoms. The van der Waals surface area contributed by atoms with E-state index in [1.165, 1.54) is 18.4 Å². The summed E-state index contributed by atoms with van der Waals surface area (Å²) >= 11 is 0. The van der Waals surface area contributed by atoms with Gasteiger partial charge in [-0.25, -0.2) is 4.39 Å². The van der Waals surface area contributed by atoms with Crippen molar-refractivity contribution in [3.8, 4) is 22.8 Å². The number of aryl methyl sites for hydroxylation is 1. The Morgan fingerprint density at radius 2 is 1.89 bits per heavy atom. The molecule has 0 atom stereocenters. The van der Waals surface area contributed by atoms with E-state index in [4.69, 9.17) is 8.94 Å². The van der Waals surface area contributed by atoms with E-state index < -0.39 is 0 Å². The molecule has 27 heavy (non-hydrogen) atoms. The van der Waals surface area contributed by atoms with E-state index in [1.807, 2.05) is 0 Å². The number of carbonyl (C=O) groups excluding carboxylic acids is 1. The van der Waals surface area contributed by atoms with Crippen LogP contribution in [0.3, 0.4) is 0 Å². The Bertz CT molecular complexity index is 1100. The van der Waals surface area contributed by atoms with Gasteiger partial charge in [-0.2, -0.15) is 4.98 Å². The molecule has 2 aromatic carbocycles. The summed E-state index contributed by atoms with van der Waals surface area (Å²) in [6, 6.07) is 14.5. The Labute approximate surface area is 153 Å². The number of hydrogen-bond donors (Lipinski definition) is 1. The van der Waals surface area contributed by atoms with Crippen molar-refractivity contribution in [2.24, 2.45) is 0 Å². The van der Waals surface area contributed by atoms with Gasteiger partial charge >= 0.3 is 0 Å². The van der Waals surface area contributed by atoms with E-state index in [2.05, 4.69) is 15.5 Å². The molecule has 0 saturated heterocycles. The zero-order valence-electron chi connectivity index (χ0n) is 14.3. The van der Waals surface area contributed by atoms with Crippen LogP contribution in [0.2, 0.25) is 0 Å². The molecule has 0 aliphatic carbocycles. The highest BCUT2D eigenvalue weighted by Crippen LogP contribution is 2.24. The molecule has 0 aliphatic heterocycles. The number of hydrogen-bond acceptors (Lipinski definition) is 5. The van der Waals surface area contributed by atoms with Crippen LogP contribution in [0.15, 0.2) is 69.8 Å². The van der Waals surface area contributed by atoms with E-state index in [-0.39, 0.29) is 17.6 Å². The third-order valence-electron chi connectivity index (χ3n) is 4.00. The van der Waals surface area contributed by atoms with Crippen molar-refractivity contribution in [2.45, 2.75) is 6.92 Å². The van der Waals surface area contributed by atoms with Crippen molar-refractivity contribution in [3.63, 3.8) is 0 Å². The fourth-order valence-electron chi connectivity index (χ4n) is 2.61. The van der Waals surface area contributed by atoms with Gasteiger partial charge in [-0.1, -0.05) is 17.3 Å². The van der Waals surface area contributed by atoms with Crippen molar-refractivity contribution in [2.75, 3.05) is 5.32 Å². The molecule has 4 rings (SSSR count). The number of amides is 1. The van der Waals surface area contributed by atoms with Crippen LogP contribution >= 0.6 is 0 Å². The van der Waals surface area contributed by atoms with Crippen LogP contribution in [0.5, 0.6) is 0 Å². The number of halogens is 1. The highest BCUT2D eigenvalue weighted by Gasteiger charge is 2.14. The number of anilines is 1. The van der Waals surface area contributed by atoms with Crippen molar-refractivity contribution < 1.29 is 18.1 Å². The van der Waals surface area contributed by atoms with Crippen molar-refractivity contribution in [1.82, 2.24) is 10.1 Å². The summed E-state index contributed by atoms with van der Waals surface area (Å²) in [4.78, 5) is 16.6. The van der Waals surface area contributed by atoms with E-state index in [0.29, 0.717) is 34.0 Å². The molecule has 0 unspecified atom stereocenters. The van der Waals surface area contributed by atoms with Crippen LogP contribution in [0, 0.1) is 12.7 Å². The second-order valence-electron chi connectivity index (χ2n) is 5.86. The standard InChI is InChI=1S/C20H14FN3O3/c1-12-17(9-10-26-12)19(25)22-16-4-2-3-14(11-16)18-23-20(27-24-18)13-5-7-15(21)8-6-13/h2-11H,1H3,(H,22,25). The lowest BCUT2D eigenvalue weighted by atomic mass is 10.1. The van der Waals surface area contributed by atoms with E-state index in [9.17, 15) is 9.18 Å². The Morgan fingerprint density at radius 3 is 2.63 bits per heavy atom. The van der Waals surface area contributed by atoms with Crippen LogP contribution in [0.25, 0.3) is 22.8 Å². The molecule has 134 valence electrons. The predicted octanol–water partition coefficient (Wildman–Crippen LogP) is 4.70. The third-order valence-corrected chi connectivity index (χ3v) is 4.00. The first kappa shape index (κ1) is 16.7. The van der Waals surface area contributed by atoms with Gasteiger partial charge in [0.2, 0.25) is 5.82 Å². The van der Waals surface area contributed by atoms with Gasteiger partial charge in [-0.3, -0.25) is 4.79 Å². The van der Waals surface area contributed by atoms with Gasteiger partial charge in [0.15, 0.2) is 0 Å². The minimum absolute atomic E-state index is 0.265. The summed E-state index contributed by atoms with van der Waals surface area (Å²) in [7, 11) is 0. The van der Waals surface area contributed by atoms with Gasteiger partial charge in [0.05, 0.1) is 11.8 Å². The second kappa shape index (κ2) is 6.87. The number of benzene rings is 2. The summed E-state index contributed by atoms with van der Waals surface area (Å²) < 4.78 is 23.5. The molecule has 1 N–H and O–H groups in total. The van der Waals surface area contributed by atoms with E-state index in [0.717, 1.165) is 0 Å². The number of furan rings is 1. The quantitative estimate of drug-likeness (QED) is 0.568. The lowest BCUT2D eigenvalue weighted by Crippen LogP contribution is -2.12. The topological polar surface area (TPSA) is 81.2 Å². The summed E-state index contributed by atoms with van der Waals surface area (Å²) in [5.41, 5.74) is 2.36. The summed E-state index contributed by atoms with van der Waals surface area (Å²) in [5, 5.41) is 6.78. The van der Waals surface area contributed by atoms with Gasteiger partial charge in [0.1, 0.15) is 11.6 Å². The molecule has 0 fully saturated rings. The first-order valence-corrected chi connectivity index (χ1v) is 8.16. The van der Waals surface area contributed by atoms with E-state index in [1.54, 1.807) is 49.4 Å². The molecule has 6 nitrogen and oxygen atoms in total. The smallest absolute Gasteiger partial charge is 0.259 e. The van der Waals surface area contributed by atoms with Crippen LogP contribution in [0.1, 0.15) is 16.1 Å². The highest BCUT2D eigenvalue weighted by molar-refractivity contribution is 6.05. The van der Waals surface area contributed by atoms with Crippen molar-refractivity contribution in [3.05, 3.63) is 78.0 Å². The Morgan fingerprint density at radius 1 is 1.07 bits per heavy atom. The van der Waals surface area contributed by atoms with Crippen LogP contribution in [-0.2, 0) is 0 Å². The maximum atomic E-state index is 13.0. The molecule has 4 aromatic rings. The number of carbonyl (C=O) groups is 1. The molecule has 2 heterocycles. The van der Waals surface area contributed by atoms with E-state index >= 15 is 0 Å². The Hall–Kier alpha value is -3.74. The largest absolute Gasteiger partial charge is 0.469 e. The van der Waals surface area contributed by atoms with Crippen LogP contribution in [0.4, 0.5) is 10.1 Å². The van der Waals surface area contributed by atoms with Crippen LogP contribution < -0.4 is 5.32 Å². The number of nitrogens with one attached hydrogen (secondary N) is 1. The molecule has 2 aromatic heterocycles. The molecule has 0 spiro atoms. The molecular formula is C20H14FN3O3. The fourth-order valence-corrected chi connectivity index (χ4v) is 2.61. The monoisotopic (exact) mass is 363 g/mol. The fraction of sp³-hybridized carbons (Fsp3) is 0.0500. The summed E-state index contributed by atoms with van der Waals surface area (Å²) in [6.07, 6.45) is 1.47. The molecule has 0 saturated carbocycles. The Kier molecular flexibility index (Phi) is 4.25. The van der Waals surface area contributed by atoms with Crippen molar-refractivity contribution in [1.29, 1.82) is 0 Å². The van der Waals surface area contributed by atoms with Gasteiger partial charge in [-0.15, -0.1) is 0 Å². The lowest BCUT2D eigenvalue weighted by molar-refractivity contribution is 0.102. The number of rotatable bonds is 4. The average Bonchev–Trinajstić information content (AvgIpc) is 3.32. The van der Waals surface area contributed by atoms with Gasteiger partial charge in [-0.05, 0) is 49.4 Å². The number of aromatic nitrogens is 2. The maximum absolute atomic E-state index is 13.0. The maximum Gasteiger partial charge on any atom is 0.259 e. The lowest BCUT2D eigenvalue weighted by Gasteiger charge is -2.05. The average molecular weight is 363 g/mol. The molecule has 1 amide bonds. The van der Waals surface area contributed by atoms with Crippen LogP contribution in [-0.4, -0.2) is 16.0 Å². The predicted molar refractivity (Wildman–Crippen MR) is 96.5 cm³/mol. The van der Waals surface area contributed by atoms with Gasteiger partial charge < -0.3 is 14.3 Å². The SMILES string of the molecule is Cc1occc1C(=O)Nc1cccc(-c2noc(-c3ccc(F)cc3)n2)c1. The van der Waals surface area contributed by atoms with Gasteiger partial charge in [0, 0.05) is 16.8 Å². The first-order valence-electron chi connectivity index (χ1n) is 8.16. The van der Waals surface area contributed by atoms with Crippen molar-refractivity contribution >= 4 is 11.6 Å². The molecule has 0 bridgehead atoms. The first-order chi connectivity index (χ1) is 13.1. The number of nitrogens with zero attached hydrogens (tertiary/aromatic N) is 2.